The van der Waals surface area contributed by atoms with Gasteiger partial charge in [-0.3, -0.25) is 9.80 Å². The number of benzene rings is 2. The van der Waals surface area contributed by atoms with Crippen molar-refractivity contribution in [2.45, 2.75) is 50.1 Å². The second kappa shape index (κ2) is 16.3. The van der Waals surface area contributed by atoms with E-state index in [1.165, 1.54) is 12.1 Å². The number of alkyl halides is 2. The van der Waals surface area contributed by atoms with E-state index in [9.17, 15) is 19.0 Å². The van der Waals surface area contributed by atoms with Crippen molar-refractivity contribution in [2.24, 2.45) is 11.5 Å². The summed E-state index contributed by atoms with van der Waals surface area (Å²) >= 11 is 33.1. The minimum absolute atomic E-state index is 0.0262. The van der Waals surface area contributed by atoms with Gasteiger partial charge in [-0.25, -0.2) is 8.78 Å². The van der Waals surface area contributed by atoms with E-state index in [0.717, 1.165) is 0 Å². The van der Waals surface area contributed by atoms with Gasteiger partial charge in [0.05, 0.1) is 23.1 Å². The van der Waals surface area contributed by atoms with Crippen LogP contribution < -0.4 is 22.1 Å². The minimum Gasteiger partial charge on any atom is -0.506 e. The third kappa shape index (κ3) is 11.3. The van der Waals surface area contributed by atoms with Crippen LogP contribution in [0, 0.1) is 0 Å². The van der Waals surface area contributed by atoms with Crippen LogP contribution in [0.4, 0.5) is 8.78 Å². The largest absolute Gasteiger partial charge is 0.506 e. The summed E-state index contributed by atoms with van der Waals surface area (Å²) < 4.78 is 29.1. The number of hydrogen-bond donors (Lipinski definition) is 6. The number of halogens is 6. The fourth-order valence-electron chi connectivity index (χ4n) is 5.03. The first-order valence-electron chi connectivity index (χ1n) is 13.8. The van der Waals surface area contributed by atoms with Crippen LogP contribution in [0.1, 0.15) is 36.8 Å². The van der Waals surface area contributed by atoms with Gasteiger partial charge in [0.25, 0.3) is 0 Å². The molecule has 0 spiro atoms. The summed E-state index contributed by atoms with van der Waals surface area (Å²) in [6.07, 6.45) is 1.49. The number of nitrogens with two attached hydrogens (primary N) is 2. The molecule has 0 amide bonds. The molecule has 2 aromatic carbocycles. The lowest BCUT2D eigenvalue weighted by Gasteiger charge is -2.36. The molecule has 244 valence electrons. The number of piperidine rings is 2. The maximum Gasteiger partial charge on any atom is 0.163 e. The molecule has 0 atom stereocenters. The molecule has 0 saturated carbocycles. The third-order valence-electron chi connectivity index (χ3n) is 7.67. The number of phenols is 2. The first-order chi connectivity index (χ1) is 20.6. The van der Waals surface area contributed by atoms with Crippen molar-refractivity contribution in [3.63, 3.8) is 0 Å². The van der Waals surface area contributed by atoms with Crippen LogP contribution in [-0.4, -0.2) is 80.8 Å². The van der Waals surface area contributed by atoms with Crippen LogP contribution in [0.5, 0.6) is 11.5 Å². The normalized spacial score (nSPS) is 18.1. The molecule has 44 heavy (non-hydrogen) atoms. The molecule has 2 aliphatic rings. The van der Waals surface area contributed by atoms with Gasteiger partial charge in [0, 0.05) is 60.4 Å². The molecule has 16 heteroatoms. The number of thiocarbonyl (C=S) groups is 2. The molecule has 0 radical (unpaired) electrons. The van der Waals surface area contributed by atoms with Gasteiger partial charge >= 0.3 is 0 Å². The summed E-state index contributed by atoms with van der Waals surface area (Å²) in [6.45, 7) is 3.49. The number of nitrogens with one attached hydrogen (secondary N) is 2. The van der Waals surface area contributed by atoms with E-state index in [0.29, 0.717) is 86.1 Å². The number of rotatable bonds is 8. The van der Waals surface area contributed by atoms with E-state index in [4.69, 9.17) is 82.3 Å². The predicted octanol–water partition coefficient (Wildman–Crippen LogP) is 5.67. The number of aromatic hydroxyl groups is 2. The maximum absolute atomic E-state index is 14.6. The Hall–Kier alpha value is -1.64. The van der Waals surface area contributed by atoms with Crippen molar-refractivity contribution in [2.75, 3.05) is 39.3 Å². The van der Waals surface area contributed by atoms with Gasteiger partial charge in [-0.2, -0.15) is 0 Å². The Bertz CT molecular complexity index is 1230. The Morgan fingerprint density at radius 2 is 1.02 bits per heavy atom. The van der Waals surface area contributed by atoms with Crippen LogP contribution in [0.2, 0.25) is 20.1 Å². The number of likely N-dealkylation sites (tertiary alicyclic amines) is 2. The number of nitrogens with zero attached hydrogens (tertiary/aromatic N) is 2. The quantitative estimate of drug-likeness (QED) is 0.189. The zero-order chi connectivity index (χ0) is 32.7. The monoisotopic (exact) mass is 730 g/mol. The molecule has 2 saturated heterocycles. The van der Waals surface area contributed by atoms with Crippen molar-refractivity contribution in [1.82, 2.24) is 20.4 Å². The van der Waals surface area contributed by atoms with Gasteiger partial charge in [0.2, 0.25) is 0 Å². The van der Waals surface area contributed by atoms with Gasteiger partial charge in [0.15, 0.2) is 10.2 Å². The van der Waals surface area contributed by atoms with E-state index < -0.39 is 11.3 Å². The van der Waals surface area contributed by atoms with E-state index in [1.54, 1.807) is 12.1 Å². The summed E-state index contributed by atoms with van der Waals surface area (Å²) in [6, 6.07) is 6.33. The van der Waals surface area contributed by atoms with Crippen LogP contribution in [0.15, 0.2) is 24.3 Å². The lowest BCUT2D eigenvalue weighted by Crippen LogP contribution is -2.48. The van der Waals surface area contributed by atoms with Crippen molar-refractivity contribution < 1.29 is 19.0 Å². The average molecular weight is 733 g/mol. The Morgan fingerprint density at radius 3 is 1.32 bits per heavy atom. The van der Waals surface area contributed by atoms with Crippen molar-refractivity contribution in [3.8, 4) is 11.5 Å². The third-order valence-corrected chi connectivity index (χ3v) is 8.97. The van der Waals surface area contributed by atoms with E-state index in [2.05, 4.69) is 20.4 Å². The van der Waals surface area contributed by atoms with Gasteiger partial charge in [-0.05, 0) is 74.4 Å². The molecule has 0 aromatic heterocycles. The summed E-state index contributed by atoms with van der Waals surface area (Å²) in [7, 11) is 0. The average Bonchev–Trinajstić information content (AvgIpc) is 2.95. The zero-order valence-corrected chi connectivity index (χ0v) is 28.5. The molecule has 0 bridgehead atoms. The summed E-state index contributed by atoms with van der Waals surface area (Å²) in [4.78, 5) is 4.11. The first kappa shape index (κ1) is 36.8. The molecule has 2 heterocycles. The Balaban J connectivity index is 0.000000240. The lowest BCUT2D eigenvalue weighted by atomic mass is 9.93. The molecule has 2 aliphatic heterocycles. The van der Waals surface area contributed by atoms with Gasteiger partial charge in [-0.15, -0.1) is 0 Å². The molecule has 8 nitrogen and oxygen atoms in total. The summed E-state index contributed by atoms with van der Waals surface area (Å²) in [5.41, 5.74) is 9.33. The Labute approximate surface area is 286 Å². The van der Waals surface area contributed by atoms with Crippen molar-refractivity contribution in [1.29, 1.82) is 0 Å². The molecular formula is C28H36Cl4F2N6O2S2. The highest BCUT2D eigenvalue weighted by Gasteiger charge is 2.35. The second-order valence-electron chi connectivity index (χ2n) is 11.1. The van der Waals surface area contributed by atoms with Gasteiger partial charge in [-0.1, -0.05) is 46.4 Å². The van der Waals surface area contributed by atoms with Crippen LogP contribution in [-0.2, 0) is 13.1 Å². The lowest BCUT2D eigenvalue weighted by molar-refractivity contribution is 0.0580. The topological polar surface area (TPSA) is 123 Å². The molecule has 4 rings (SSSR count). The molecule has 0 aliphatic carbocycles. The van der Waals surface area contributed by atoms with E-state index in [-0.39, 0.29) is 44.9 Å². The Morgan fingerprint density at radius 1 is 0.705 bits per heavy atom. The molecule has 0 unspecified atom stereocenters. The van der Waals surface area contributed by atoms with Crippen molar-refractivity contribution >= 4 is 81.1 Å². The molecule has 2 fully saturated rings. The fourth-order valence-corrected chi connectivity index (χ4v) is 6.25. The number of hydrogen-bond acceptors (Lipinski definition) is 6. The van der Waals surface area contributed by atoms with Crippen LogP contribution >= 0.6 is 70.8 Å². The summed E-state index contributed by atoms with van der Waals surface area (Å²) in [5.74, 6) is 0.0524. The van der Waals surface area contributed by atoms with E-state index in [1.807, 2.05) is 0 Å². The maximum atomic E-state index is 14.6. The standard InChI is InChI=1S/2C14H18Cl2FN3OS/c2*15-10-5-9(12(21)11(16)6-10)7-20-3-1-14(17,2-4-20)8-19-13(18)22/h2*5-6,21H,1-4,7-8H2,(H3,18,19,22). The second-order valence-corrected chi connectivity index (χ2v) is 13.6. The highest BCUT2D eigenvalue weighted by Crippen LogP contribution is 2.35. The van der Waals surface area contributed by atoms with Gasteiger partial charge in [0.1, 0.15) is 22.8 Å². The molecular weight excluding hydrogens is 696 g/mol. The molecule has 2 aromatic rings. The number of phenolic OH excluding ortho intramolecular Hbond substituents is 2. The Kier molecular flexibility index (Phi) is 13.6. The highest BCUT2D eigenvalue weighted by molar-refractivity contribution is 7.80. The summed E-state index contributed by atoms with van der Waals surface area (Å²) in [5, 5.41) is 26.9. The first-order valence-corrected chi connectivity index (χ1v) is 16.1. The van der Waals surface area contributed by atoms with E-state index >= 15 is 0 Å². The van der Waals surface area contributed by atoms with Crippen molar-refractivity contribution in [3.05, 3.63) is 55.5 Å². The zero-order valence-electron chi connectivity index (χ0n) is 23.8. The van der Waals surface area contributed by atoms with Gasteiger partial charge < -0.3 is 32.3 Å². The van der Waals surface area contributed by atoms with Crippen LogP contribution in [0.3, 0.4) is 0 Å². The smallest absolute Gasteiger partial charge is 0.163 e. The fraction of sp³-hybridized carbons (Fsp3) is 0.500. The predicted molar refractivity (Wildman–Crippen MR) is 183 cm³/mol. The SMILES string of the molecule is NC(=S)NCC1(F)CCN(Cc2cc(Cl)cc(Cl)c2O)CC1.NC(=S)NCC1(F)CCN(Cc2cc(Cl)cc(Cl)c2O)CC1. The van der Waals surface area contributed by atoms with Crippen LogP contribution in [0.25, 0.3) is 0 Å². The minimum atomic E-state index is -1.31. The highest BCUT2D eigenvalue weighted by atomic mass is 35.5. The molecule has 8 N–H and O–H groups in total.